The lowest BCUT2D eigenvalue weighted by Gasteiger charge is -2.25. The van der Waals surface area contributed by atoms with Crippen LogP contribution in [0.15, 0.2) is 24.3 Å². The molecule has 1 unspecified atom stereocenters. The summed E-state index contributed by atoms with van der Waals surface area (Å²) < 4.78 is 22.9. The Morgan fingerprint density at radius 3 is 2.72 bits per heavy atom. The third kappa shape index (κ3) is 2.64. The van der Waals surface area contributed by atoms with Crippen LogP contribution in [0, 0.1) is 0 Å². The standard InChI is InChI=1S/C12H15NO4S/c1-13(11-5-6-18(16,17)8-11)10-4-2-3-9(7-10)12(14)15/h2-4,7,11H,5-6,8H2,1H3,(H,14,15). The fourth-order valence-corrected chi connectivity index (χ4v) is 3.92. The van der Waals surface area contributed by atoms with Gasteiger partial charge in [0, 0.05) is 18.8 Å². The van der Waals surface area contributed by atoms with Crippen molar-refractivity contribution in [3.8, 4) is 0 Å². The molecular formula is C12H15NO4S. The van der Waals surface area contributed by atoms with Crippen LogP contribution in [-0.4, -0.2) is 44.1 Å². The van der Waals surface area contributed by atoms with Gasteiger partial charge in [0.15, 0.2) is 9.84 Å². The number of rotatable bonds is 3. The van der Waals surface area contributed by atoms with E-state index >= 15 is 0 Å². The second-order valence-corrected chi connectivity index (χ2v) is 6.75. The van der Waals surface area contributed by atoms with Crippen LogP contribution in [0.3, 0.4) is 0 Å². The van der Waals surface area contributed by atoms with Crippen LogP contribution in [0.4, 0.5) is 5.69 Å². The average molecular weight is 269 g/mol. The number of carboxylic acids is 1. The van der Waals surface area contributed by atoms with Crippen LogP contribution < -0.4 is 4.90 Å². The predicted molar refractivity (Wildman–Crippen MR) is 68.9 cm³/mol. The van der Waals surface area contributed by atoms with Crippen molar-refractivity contribution in [3.05, 3.63) is 29.8 Å². The zero-order chi connectivity index (χ0) is 13.3. The molecule has 1 aliphatic heterocycles. The second kappa shape index (κ2) is 4.61. The Labute approximate surface area is 106 Å². The lowest BCUT2D eigenvalue weighted by atomic mass is 10.1. The second-order valence-electron chi connectivity index (χ2n) is 4.52. The number of benzene rings is 1. The molecule has 5 nitrogen and oxygen atoms in total. The molecule has 1 N–H and O–H groups in total. The number of sulfone groups is 1. The molecule has 0 aromatic heterocycles. The lowest BCUT2D eigenvalue weighted by Crippen LogP contribution is -2.32. The molecule has 0 bridgehead atoms. The summed E-state index contributed by atoms with van der Waals surface area (Å²) in [5.41, 5.74) is 0.942. The molecule has 18 heavy (non-hydrogen) atoms. The molecule has 0 spiro atoms. The van der Waals surface area contributed by atoms with Crippen molar-refractivity contribution in [1.82, 2.24) is 0 Å². The Morgan fingerprint density at radius 2 is 2.17 bits per heavy atom. The molecule has 1 aromatic rings. The summed E-state index contributed by atoms with van der Waals surface area (Å²) in [5.74, 6) is -0.633. The third-order valence-corrected chi connectivity index (χ3v) is 5.01. The van der Waals surface area contributed by atoms with Gasteiger partial charge in [-0.05, 0) is 24.6 Å². The van der Waals surface area contributed by atoms with E-state index < -0.39 is 15.8 Å². The Balaban J connectivity index is 2.21. The van der Waals surface area contributed by atoms with E-state index in [1.807, 2.05) is 4.90 Å². The number of carbonyl (C=O) groups is 1. The van der Waals surface area contributed by atoms with Crippen molar-refractivity contribution in [2.45, 2.75) is 12.5 Å². The number of hydrogen-bond acceptors (Lipinski definition) is 4. The molecule has 1 aliphatic rings. The van der Waals surface area contributed by atoms with Gasteiger partial charge in [-0.25, -0.2) is 13.2 Å². The molecule has 1 fully saturated rings. The van der Waals surface area contributed by atoms with Gasteiger partial charge in [0.25, 0.3) is 0 Å². The fraction of sp³-hybridized carbons (Fsp3) is 0.417. The van der Waals surface area contributed by atoms with E-state index in [-0.39, 0.29) is 23.1 Å². The zero-order valence-electron chi connectivity index (χ0n) is 10.0. The first-order valence-corrected chi connectivity index (χ1v) is 7.48. The van der Waals surface area contributed by atoms with Crippen molar-refractivity contribution in [3.63, 3.8) is 0 Å². The monoisotopic (exact) mass is 269 g/mol. The number of aromatic carboxylic acids is 1. The summed E-state index contributed by atoms with van der Waals surface area (Å²) in [7, 11) is -1.13. The third-order valence-electron chi connectivity index (χ3n) is 3.26. The van der Waals surface area contributed by atoms with Crippen LogP contribution >= 0.6 is 0 Å². The topological polar surface area (TPSA) is 74.7 Å². The van der Waals surface area contributed by atoms with E-state index in [1.54, 1.807) is 25.2 Å². The molecule has 0 saturated carbocycles. The Kier molecular flexibility index (Phi) is 3.30. The van der Waals surface area contributed by atoms with E-state index in [2.05, 4.69) is 0 Å². The zero-order valence-corrected chi connectivity index (χ0v) is 10.9. The van der Waals surface area contributed by atoms with Gasteiger partial charge < -0.3 is 10.0 Å². The molecule has 0 amide bonds. The Bertz CT molecular complexity index is 567. The van der Waals surface area contributed by atoms with Gasteiger partial charge in [0.05, 0.1) is 17.1 Å². The van der Waals surface area contributed by atoms with Crippen LogP contribution in [0.2, 0.25) is 0 Å². The van der Waals surface area contributed by atoms with Crippen molar-refractivity contribution in [2.24, 2.45) is 0 Å². The molecule has 6 heteroatoms. The molecule has 1 aromatic carbocycles. The largest absolute Gasteiger partial charge is 0.478 e. The molecular weight excluding hydrogens is 254 g/mol. The van der Waals surface area contributed by atoms with Gasteiger partial charge in [0.2, 0.25) is 0 Å². The molecule has 2 rings (SSSR count). The van der Waals surface area contributed by atoms with E-state index in [4.69, 9.17) is 5.11 Å². The predicted octanol–water partition coefficient (Wildman–Crippen LogP) is 1.01. The Hall–Kier alpha value is -1.56. The minimum absolute atomic E-state index is 0.0703. The molecule has 1 atom stereocenters. The maximum Gasteiger partial charge on any atom is 0.335 e. The maximum absolute atomic E-state index is 11.4. The molecule has 98 valence electrons. The SMILES string of the molecule is CN(c1cccc(C(=O)O)c1)C1CCS(=O)(=O)C1. The van der Waals surface area contributed by atoms with Gasteiger partial charge >= 0.3 is 5.97 Å². The minimum atomic E-state index is -2.93. The van der Waals surface area contributed by atoms with Crippen LogP contribution in [0.1, 0.15) is 16.8 Å². The lowest BCUT2D eigenvalue weighted by molar-refractivity contribution is 0.0697. The molecule has 0 aliphatic carbocycles. The van der Waals surface area contributed by atoms with Gasteiger partial charge in [0.1, 0.15) is 0 Å². The van der Waals surface area contributed by atoms with Crippen LogP contribution in [0.25, 0.3) is 0 Å². The first-order chi connectivity index (χ1) is 8.39. The highest BCUT2D eigenvalue weighted by molar-refractivity contribution is 7.91. The smallest absolute Gasteiger partial charge is 0.335 e. The molecule has 0 radical (unpaired) electrons. The summed E-state index contributed by atoms with van der Waals surface area (Å²) in [6.45, 7) is 0. The van der Waals surface area contributed by atoms with Gasteiger partial charge in [-0.1, -0.05) is 6.07 Å². The van der Waals surface area contributed by atoms with E-state index in [1.165, 1.54) is 6.07 Å². The highest BCUT2D eigenvalue weighted by atomic mass is 32.2. The van der Waals surface area contributed by atoms with Crippen molar-refractivity contribution in [2.75, 3.05) is 23.5 Å². The van der Waals surface area contributed by atoms with Gasteiger partial charge in [-0.15, -0.1) is 0 Å². The number of hydrogen-bond donors (Lipinski definition) is 1. The first-order valence-electron chi connectivity index (χ1n) is 5.66. The normalized spacial score (nSPS) is 21.7. The summed E-state index contributed by atoms with van der Waals surface area (Å²) in [6, 6.07) is 6.47. The van der Waals surface area contributed by atoms with Crippen molar-refractivity contribution in [1.29, 1.82) is 0 Å². The number of nitrogens with zero attached hydrogens (tertiary/aromatic N) is 1. The summed E-state index contributed by atoms with van der Waals surface area (Å²) >= 11 is 0. The fourth-order valence-electron chi connectivity index (χ4n) is 2.15. The summed E-state index contributed by atoms with van der Waals surface area (Å²) in [5, 5.41) is 8.93. The van der Waals surface area contributed by atoms with Gasteiger partial charge in [-0.2, -0.15) is 0 Å². The summed E-state index contributed by atoms with van der Waals surface area (Å²) in [4.78, 5) is 12.7. The van der Waals surface area contributed by atoms with Crippen LogP contribution in [0.5, 0.6) is 0 Å². The van der Waals surface area contributed by atoms with Crippen molar-refractivity contribution >= 4 is 21.5 Å². The first kappa shape index (κ1) is 12.9. The highest BCUT2D eigenvalue weighted by Crippen LogP contribution is 2.23. The average Bonchev–Trinajstić information content (AvgIpc) is 2.69. The van der Waals surface area contributed by atoms with Gasteiger partial charge in [-0.3, -0.25) is 0 Å². The highest BCUT2D eigenvalue weighted by Gasteiger charge is 2.30. The number of carboxylic acid groups (broad SMARTS) is 1. The van der Waals surface area contributed by atoms with E-state index in [0.717, 1.165) is 5.69 Å². The minimum Gasteiger partial charge on any atom is -0.478 e. The van der Waals surface area contributed by atoms with E-state index in [0.29, 0.717) is 6.42 Å². The summed E-state index contributed by atoms with van der Waals surface area (Å²) in [6.07, 6.45) is 0.593. The number of anilines is 1. The van der Waals surface area contributed by atoms with E-state index in [9.17, 15) is 13.2 Å². The quantitative estimate of drug-likeness (QED) is 0.886. The maximum atomic E-state index is 11.4. The Morgan fingerprint density at radius 1 is 1.44 bits per heavy atom. The van der Waals surface area contributed by atoms with Crippen LogP contribution in [-0.2, 0) is 9.84 Å². The van der Waals surface area contributed by atoms with Crippen molar-refractivity contribution < 1.29 is 18.3 Å². The molecule has 1 heterocycles. The molecule has 1 saturated heterocycles.